The summed E-state index contributed by atoms with van der Waals surface area (Å²) in [6.07, 6.45) is 4.46. The van der Waals surface area contributed by atoms with Gasteiger partial charge in [0.2, 0.25) is 0 Å². The molecule has 0 atom stereocenters. The fourth-order valence-corrected chi connectivity index (χ4v) is 4.34. The molecule has 0 amide bonds. The predicted octanol–water partition coefficient (Wildman–Crippen LogP) is 5.44. The summed E-state index contributed by atoms with van der Waals surface area (Å²) in [6, 6.07) is 8.72. The van der Waals surface area contributed by atoms with E-state index >= 15 is 0 Å². The van der Waals surface area contributed by atoms with Crippen LogP contribution in [-0.2, 0) is 0 Å². The van der Waals surface area contributed by atoms with Crippen LogP contribution in [-0.4, -0.2) is 22.2 Å². The molecule has 0 saturated heterocycles. The van der Waals surface area contributed by atoms with Crippen molar-refractivity contribution in [2.45, 2.75) is 44.9 Å². The Kier molecular flexibility index (Phi) is 5.97. The molecule has 2 aromatic rings. The third-order valence-electron chi connectivity index (χ3n) is 5.92. The molecule has 0 radical (unpaired) electrons. The first-order valence-corrected chi connectivity index (χ1v) is 9.70. The van der Waals surface area contributed by atoms with E-state index in [1.54, 1.807) is 18.2 Å². The van der Waals surface area contributed by atoms with Crippen LogP contribution in [0.15, 0.2) is 30.3 Å². The number of hydrogen-bond acceptors (Lipinski definition) is 3. The Bertz CT molecular complexity index is 1000. The van der Waals surface area contributed by atoms with Crippen LogP contribution in [0.2, 0.25) is 0 Å². The van der Waals surface area contributed by atoms with Crippen LogP contribution in [0.4, 0.5) is 4.39 Å². The molecular weight excluding hydrogens is 373 g/mol. The Morgan fingerprint density at radius 3 is 2.31 bits per heavy atom. The molecule has 0 aliphatic heterocycles. The van der Waals surface area contributed by atoms with E-state index in [1.165, 1.54) is 18.2 Å². The number of aromatic carboxylic acids is 2. The second kappa shape index (κ2) is 8.44. The first kappa shape index (κ1) is 20.5. The number of benzene rings is 2. The molecule has 3 rings (SSSR count). The van der Waals surface area contributed by atoms with Crippen molar-refractivity contribution in [1.82, 2.24) is 0 Å². The molecule has 29 heavy (non-hydrogen) atoms. The highest BCUT2D eigenvalue weighted by Crippen LogP contribution is 2.43. The molecular formula is C23H22FNO4. The molecule has 1 fully saturated rings. The van der Waals surface area contributed by atoms with E-state index in [0.717, 1.165) is 32.1 Å². The zero-order valence-corrected chi connectivity index (χ0v) is 16.1. The van der Waals surface area contributed by atoms with Gasteiger partial charge in [0.1, 0.15) is 11.9 Å². The number of carboxylic acid groups (broad SMARTS) is 2. The number of hydrogen-bond donors (Lipinski definition) is 2. The van der Waals surface area contributed by atoms with Crippen LogP contribution >= 0.6 is 0 Å². The smallest absolute Gasteiger partial charge is 0.336 e. The van der Waals surface area contributed by atoms with Gasteiger partial charge in [-0.1, -0.05) is 25.5 Å². The van der Waals surface area contributed by atoms with Crippen molar-refractivity contribution in [2.75, 3.05) is 0 Å². The second-order valence-corrected chi connectivity index (χ2v) is 7.49. The summed E-state index contributed by atoms with van der Waals surface area (Å²) >= 11 is 0. The first-order chi connectivity index (χ1) is 13.9. The largest absolute Gasteiger partial charge is 0.478 e. The standard InChI is InChI=1S/C23H22FNO4/c1-2-13-3-5-14(6-4-13)20-17(15-7-8-16(12-25)19(24)11-15)9-10-18(22(26)27)21(20)23(28)29/h7-11,13-14H,2-6H2,1H3,(H,26,27)(H,28,29)/t13-,14-. The van der Waals surface area contributed by atoms with Gasteiger partial charge in [0, 0.05) is 0 Å². The molecule has 0 heterocycles. The van der Waals surface area contributed by atoms with Crippen molar-refractivity contribution in [3.8, 4) is 17.2 Å². The SMILES string of the molecule is CC[C@H]1CC[C@H](c2c(-c3ccc(C#N)c(F)c3)ccc(C(=O)O)c2C(=O)O)CC1. The number of rotatable bonds is 5. The maximum absolute atomic E-state index is 14.2. The summed E-state index contributed by atoms with van der Waals surface area (Å²) in [5.41, 5.74) is 0.822. The Morgan fingerprint density at radius 2 is 1.79 bits per heavy atom. The van der Waals surface area contributed by atoms with Crippen LogP contribution in [0.25, 0.3) is 11.1 Å². The van der Waals surface area contributed by atoms with E-state index in [0.29, 0.717) is 22.6 Å². The summed E-state index contributed by atoms with van der Waals surface area (Å²) in [7, 11) is 0. The van der Waals surface area contributed by atoms with Crippen molar-refractivity contribution in [3.63, 3.8) is 0 Å². The lowest BCUT2D eigenvalue weighted by molar-refractivity contribution is 0.0649. The van der Waals surface area contributed by atoms with Gasteiger partial charge in [0.05, 0.1) is 16.7 Å². The van der Waals surface area contributed by atoms with Crippen LogP contribution < -0.4 is 0 Å². The van der Waals surface area contributed by atoms with E-state index in [9.17, 15) is 24.2 Å². The summed E-state index contributed by atoms with van der Waals surface area (Å²) < 4.78 is 14.2. The molecule has 2 aromatic carbocycles. The van der Waals surface area contributed by atoms with E-state index in [-0.39, 0.29) is 22.6 Å². The van der Waals surface area contributed by atoms with Crippen LogP contribution in [0.1, 0.15) is 76.8 Å². The monoisotopic (exact) mass is 395 g/mol. The van der Waals surface area contributed by atoms with Crippen molar-refractivity contribution in [3.05, 3.63) is 58.4 Å². The van der Waals surface area contributed by atoms with Crippen LogP contribution in [0.3, 0.4) is 0 Å². The second-order valence-electron chi connectivity index (χ2n) is 7.49. The van der Waals surface area contributed by atoms with E-state index in [4.69, 9.17) is 5.26 Å². The van der Waals surface area contributed by atoms with Crippen molar-refractivity contribution in [2.24, 2.45) is 5.92 Å². The predicted molar refractivity (Wildman–Crippen MR) is 105 cm³/mol. The third kappa shape index (κ3) is 4.00. The Morgan fingerprint density at radius 1 is 1.10 bits per heavy atom. The zero-order chi connectivity index (χ0) is 21.1. The molecule has 1 saturated carbocycles. The lowest BCUT2D eigenvalue weighted by atomic mass is 9.74. The summed E-state index contributed by atoms with van der Waals surface area (Å²) in [5, 5.41) is 28.4. The minimum Gasteiger partial charge on any atom is -0.478 e. The van der Waals surface area contributed by atoms with Gasteiger partial charge in [-0.25, -0.2) is 14.0 Å². The van der Waals surface area contributed by atoms with Gasteiger partial charge in [0.15, 0.2) is 0 Å². The molecule has 150 valence electrons. The highest BCUT2D eigenvalue weighted by atomic mass is 19.1. The average Bonchev–Trinajstić information content (AvgIpc) is 2.72. The fraction of sp³-hybridized carbons (Fsp3) is 0.348. The van der Waals surface area contributed by atoms with Gasteiger partial charge in [-0.15, -0.1) is 0 Å². The Balaban J connectivity index is 2.22. The molecule has 2 N–H and O–H groups in total. The summed E-state index contributed by atoms with van der Waals surface area (Å²) in [4.78, 5) is 23.8. The number of nitriles is 1. The number of nitrogens with zero attached hydrogens (tertiary/aromatic N) is 1. The Labute approximate surface area is 168 Å². The third-order valence-corrected chi connectivity index (χ3v) is 5.92. The van der Waals surface area contributed by atoms with E-state index < -0.39 is 17.8 Å². The molecule has 5 nitrogen and oxygen atoms in total. The molecule has 0 spiro atoms. The molecule has 0 unspecified atom stereocenters. The zero-order valence-electron chi connectivity index (χ0n) is 16.1. The summed E-state index contributed by atoms with van der Waals surface area (Å²) in [6.45, 7) is 2.13. The highest BCUT2D eigenvalue weighted by Gasteiger charge is 2.31. The molecule has 0 bridgehead atoms. The average molecular weight is 395 g/mol. The number of carboxylic acids is 2. The van der Waals surface area contributed by atoms with Crippen LogP contribution in [0.5, 0.6) is 0 Å². The van der Waals surface area contributed by atoms with Crippen molar-refractivity contribution >= 4 is 11.9 Å². The normalized spacial score (nSPS) is 18.8. The van der Waals surface area contributed by atoms with Gasteiger partial charge in [-0.2, -0.15) is 5.26 Å². The molecule has 6 heteroatoms. The maximum Gasteiger partial charge on any atom is 0.336 e. The molecule has 1 aliphatic carbocycles. The van der Waals surface area contributed by atoms with Crippen molar-refractivity contribution < 1.29 is 24.2 Å². The van der Waals surface area contributed by atoms with E-state index in [2.05, 4.69) is 6.92 Å². The van der Waals surface area contributed by atoms with Gasteiger partial charge in [-0.05, 0) is 72.4 Å². The fourth-order valence-electron chi connectivity index (χ4n) is 4.34. The minimum atomic E-state index is -1.30. The number of halogens is 1. The van der Waals surface area contributed by atoms with Gasteiger partial charge < -0.3 is 10.2 Å². The lowest BCUT2D eigenvalue weighted by Crippen LogP contribution is -2.19. The van der Waals surface area contributed by atoms with E-state index in [1.807, 2.05) is 0 Å². The van der Waals surface area contributed by atoms with Gasteiger partial charge in [-0.3, -0.25) is 0 Å². The van der Waals surface area contributed by atoms with Gasteiger partial charge >= 0.3 is 11.9 Å². The first-order valence-electron chi connectivity index (χ1n) is 9.70. The molecule has 0 aromatic heterocycles. The highest BCUT2D eigenvalue weighted by molar-refractivity contribution is 6.04. The minimum absolute atomic E-state index is 0.0978. The summed E-state index contributed by atoms with van der Waals surface area (Å²) in [5.74, 6) is -2.82. The van der Waals surface area contributed by atoms with Gasteiger partial charge in [0.25, 0.3) is 0 Å². The topological polar surface area (TPSA) is 98.4 Å². The molecule has 1 aliphatic rings. The maximum atomic E-state index is 14.2. The quantitative estimate of drug-likeness (QED) is 0.702. The Hall–Kier alpha value is -3.20. The lowest BCUT2D eigenvalue weighted by Gasteiger charge is -2.31. The van der Waals surface area contributed by atoms with Crippen LogP contribution in [0, 0.1) is 23.1 Å². The van der Waals surface area contributed by atoms with Crippen molar-refractivity contribution in [1.29, 1.82) is 5.26 Å². The number of carbonyl (C=O) groups is 2.